The Labute approximate surface area is 508 Å². The summed E-state index contributed by atoms with van der Waals surface area (Å²) in [4.78, 5) is 69.5. The van der Waals surface area contributed by atoms with Gasteiger partial charge in [0.1, 0.15) is 11.8 Å². The first-order valence-electron chi connectivity index (χ1n) is 32.0. The molecule has 3 aromatic carbocycles. The summed E-state index contributed by atoms with van der Waals surface area (Å²) in [6, 6.07) is 20.6. The van der Waals surface area contributed by atoms with Gasteiger partial charge >= 0.3 is 17.8 Å². The Morgan fingerprint density at radius 2 is 1.46 bits per heavy atom. The van der Waals surface area contributed by atoms with Gasteiger partial charge in [0.25, 0.3) is 11.5 Å². The van der Waals surface area contributed by atoms with E-state index in [0.717, 1.165) is 134 Å². The number of hydrogen-bond donors (Lipinski definition) is 6. The van der Waals surface area contributed by atoms with Crippen molar-refractivity contribution in [2.45, 2.75) is 167 Å². The number of imidazole rings is 1. The normalized spacial score (nSPS) is 21.3. The summed E-state index contributed by atoms with van der Waals surface area (Å²) in [5.41, 5.74) is 13.5. The van der Waals surface area contributed by atoms with Gasteiger partial charge in [-0.1, -0.05) is 63.4 Å². The topological polar surface area (TPSA) is 256 Å². The van der Waals surface area contributed by atoms with E-state index >= 15 is 0 Å². The van der Waals surface area contributed by atoms with Crippen LogP contribution in [-0.2, 0) is 32.4 Å². The number of ether oxygens (including phenoxy) is 4. The summed E-state index contributed by atoms with van der Waals surface area (Å²) in [6.07, 6.45) is 19.5. The molecule has 8 aliphatic rings. The third-order valence-electron chi connectivity index (χ3n) is 18.6. The number of carbonyl (C=O) groups excluding carboxylic acids is 3. The Kier molecular flexibility index (Phi) is 19.1. The number of urea groups is 2. The van der Waals surface area contributed by atoms with Crippen LogP contribution in [0.3, 0.4) is 0 Å². The van der Waals surface area contributed by atoms with Gasteiger partial charge < -0.3 is 55.8 Å². The monoisotopic (exact) mass is 1190 g/mol. The number of amides is 5. The van der Waals surface area contributed by atoms with E-state index in [9.17, 15) is 24.0 Å². The number of carbonyl (C=O) groups is 3. The van der Waals surface area contributed by atoms with Gasteiger partial charge in [0, 0.05) is 56.4 Å². The first-order valence-corrected chi connectivity index (χ1v) is 32.0. The Bertz CT molecular complexity index is 3530. The number of anilines is 2. The predicted octanol–water partition coefficient (Wildman–Crippen LogP) is 9.12. The summed E-state index contributed by atoms with van der Waals surface area (Å²) in [5.74, 6) is 6.31. The summed E-state index contributed by atoms with van der Waals surface area (Å²) in [6.45, 7) is 10.9. The zero-order valence-electron chi connectivity index (χ0n) is 51.3. The maximum atomic E-state index is 13.3. The molecule has 6 aromatic rings. The van der Waals surface area contributed by atoms with Crippen LogP contribution in [0, 0.1) is 30.6 Å². The molecule has 2 saturated heterocycles. The van der Waals surface area contributed by atoms with Gasteiger partial charge in [-0.25, -0.2) is 14.4 Å². The number of H-pyrrole nitrogens is 1. The van der Waals surface area contributed by atoms with Crippen molar-refractivity contribution in [1.82, 2.24) is 50.1 Å². The molecule has 4 atom stereocenters. The van der Waals surface area contributed by atoms with E-state index in [1.165, 1.54) is 54.2 Å². The maximum absolute atomic E-state index is 13.3. The lowest BCUT2D eigenvalue weighted by molar-refractivity contribution is 0.0967. The van der Waals surface area contributed by atoms with Gasteiger partial charge in [0.05, 0.1) is 38.6 Å². The molecule has 3 aromatic heterocycles. The minimum atomic E-state index is -0.298. The number of hydrogen-bond acceptors (Lipinski definition) is 12. The largest absolute Gasteiger partial charge is 0.493 e. The minimum absolute atomic E-state index is 0.0896. The molecule has 0 spiro atoms. The molecule has 466 valence electrons. The molecule has 5 saturated carbocycles. The van der Waals surface area contributed by atoms with E-state index in [-0.39, 0.29) is 47.1 Å². The number of aromatic amines is 1. The molecule has 7 fully saturated rings. The van der Waals surface area contributed by atoms with Crippen LogP contribution in [-0.4, -0.2) is 106 Å². The van der Waals surface area contributed by atoms with E-state index in [2.05, 4.69) is 81.0 Å². The first-order chi connectivity index (χ1) is 42.3. The highest BCUT2D eigenvalue weighted by Gasteiger charge is 2.42. The SMILES string of the molecule is CCCCOc1cc(CC2CNC(=O)N2)ccc1OC.CCc1nn(C2CCCC2)c2c1CCN(c1ccccc1C)C2=O.COc1ccc(C2CNC(=O)NC2)cc1O[C@H]1C[C@@H]2CC[C@H]1C2.Nc1nc2c([nH]1)c(=O)n(CC1CC1)c(=O)n2CC1CC1. The van der Waals surface area contributed by atoms with Crippen molar-refractivity contribution in [2.75, 3.05) is 57.6 Å². The summed E-state index contributed by atoms with van der Waals surface area (Å²) < 4.78 is 28.0. The van der Waals surface area contributed by atoms with Gasteiger partial charge in [-0.3, -0.25) is 23.4 Å². The number of nitrogen functional groups attached to an aromatic ring is 1. The van der Waals surface area contributed by atoms with Crippen LogP contribution < -0.4 is 62.1 Å². The molecule has 6 heterocycles. The second-order valence-corrected chi connectivity index (χ2v) is 25.0. The van der Waals surface area contributed by atoms with Crippen LogP contribution in [0.25, 0.3) is 11.2 Å². The van der Waals surface area contributed by atoms with E-state index in [0.29, 0.717) is 80.4 Å². The molecule has 5 amide bonds. The quantitative estimate of drug-likeness (QED) is 0.0441. The molecule has 2 bridgehead atoms. The number of methoxy groups -OCH3 is 2. The molecule has 5 aliphatic carbocycles. The summed E-state index contributed by atoms with van der Waals surface area (Å²) >= 11 is 0. The number of nitrogens with two attached hydrogens (primary N) is 1. The number of nitrogens with zero attached hydrogens (tertiary/aromatic N) is 6. The van der Waals surface area contributed by atoms with Crippen molar-refractivity contribution in [1.29, 1.82) is 0 Å². The van der Waals surface area contributed by atoms with Gasteiger partial charge in [-0.05, 0) is 168 Å². The average molecular weight is 1190 g/mol. The second-order valence-electron chi connectivity index (χ2n) is 25.0. The lowest BCUT2D eigenvalue weighted by Gasteiger charge is -2.29. The number of benzene rings is 3. The third-order valence-corrected chi connectivity index (χ3v) is 18.6. The van der Waals surface area contributed by atoms with Crippen molar-refractivity contribution in [2.24, 2.45) is 23.7 Å². The van der Waals surface area contributed by atoms with E-state index < -0.39 is 0 Å². The van der Waals surface area contributed by atoms with Crippen molar-refractivity contribution in [3.8, 4) is 23.0 Å². The van der Waals surface area contributed by atoms with Crippen molar-refractivity contribution < 1.29 is 33.3 Å². The number of rotatable bonds is 18. The van der Waals surface area contributed by atoms with Crippen molar-refractivity contribution >= 4 is 40.8 Å². The Hall–Kier alpha value is -7.97. The summed E-state index contributed by atoms with van der Waals surface area (Å²) in [7, 11) is 3.33. The van der Waals surface area contributed by atoms with Gasteiger partial charge in [-0.2, -0.15) is 10.1 Å². The highest BCUT2D eigenvalue weighted by atomic mass is 16.5. The second kappa shape index (κ2) is 27.4. The lowest BCUT2D eigenvalue weighted by atomic mass is 9.96. The fraction of sp³-hybridized carbons (Fsp3) is 0.561. The zero-order valence-corrected chi connectivity index (χ0v) is 51.3. The molecule has 14 rings (SSSR count). The number of aromatic nitrogens is 6. The standard InChI is InChI=1S/C20H25N3O.C18H24N2O3.C15H22N2O3.C13H17N5O2/c1-3-17-16-12-13-22(18-11-7-4-8-14(18)2)20(24)19(16)23(21-17)15-9-5-6-10-15;1-22-15-5-4-12(14-9-19-18(21)20-10-14)8-17(15)23-16-7-11-2-3-13(16)6-11;1-3-4-7-20-14-9-11(5-6-13(14)19-2)8-12-10-16-15(18)17-12;14-12-15-9-10(16-12)17(5-7-1-2-7)13(20)18(11(9)19)6-8-3-4-8/h4,7-8,11,15H,3,5-6,9-10,12-13H2,1-2H3;4-5,8,11,13-14,16H,2-3,6-7,9-10H2,1H3,(H2,19,20,21);5-6,9,12H,3-4,7-8,10H2,1-2H3,(H2,16,17,18);7-8H,1-6H2,(H3,14,15,16)/t;11-,13+,16+;;/m.1../s1. The molecule has 7 N–H and O–H groups in total. The molecule has 87 heavy (non-hydrogen) atoms. The first kappa shape index (κ1) is 60.7. The highest BCUT2D eigenvalue weighted by Crippen LogP contribution is 2.47. The van der Waals surface area contributed by atoms with Crippen LogP contribution in [0.5, 0.6) is 23.0 Å². The third kappa shape index (κ3) is 14.2. The van der Waals surface area contributed by atoms with Crippen LogP contribution in [0.4, 0.5) is 21.2 Å². The zero-order chi connectivity index (χ0) is 60.7. The number of para-hydroxylation sites is 1. The fourth-order valence-corrected chi connectivity index (χ4v) is 13.4. The van der Waals surface area contributed by atoms with E-state index in [4.69, 9.17) is 29.8 Å². The van der Waals surface area contributed by atoms with Crippen LogP contribution in [0.1, 0.15) is 154 Å². The highest BCUT2D eigenvalue weighted by molar-refractivity contribution is 6.07. The molecule has 3 aliphatic heterocycles. The lowest BCUT2D eigenvalue weighted by Crippen LogP contribution is -2.47. The molecule has 0 radical (unpaired) electrons. The maximum Gasteiger partial charge on any atom is 0.332 e. The molecule has 1 unspecified atom stereocenters. The Morgan fingerprint density at radius 1 is 0.747 bits per heavy atom. The fourth-order valence-electron chi connectivity index (χ4n) is 13.4. The average Bonchev–Trinajstić information content (AvgIpc) is 1.78. The molecular formula is C66H88N12O9. The molecular weight excluding hydrogens is 1100 g/mol. The Balaban J connectivity index is 0.000000121. The van der Waals surface area contributed by atoms with Gasteiger partial charge in [0.2, 0.25) is 0 Å². The van der Waals surface area contributed by atoms with E-state index in [1.807, 2.05) is 41.3 Å². The van der Waals surface area contributed by atoms with Crippen LogP contribution in [0.2, 0.25) is 0 Å². The number of fused-ring (bicyclic) bond motifs is 4. The van der Waals surface area contributed by atoms with Crippen molar-refractivity contribution in [3.63, 3.8) is 0 Å². The minimum Gasteiger partial charge on any atom is -0.493 e. The number of nitrogens with one attached hydrogen (secondary N) is 5. The smallest absolute Gasteiger partial charge is 0.332 e. The van der Waals surface area contributed by atoms with Crippen LogP contribution >= 0.6 is 0 Å². The van der Waals surface area contributed by atoms with Gasteiger partial charge in [-0.15, -0.1) is 0 Å². The van der Waals surface area contributed by atoms with Gasteiger partial charge in [0.15, 0.2) is 40.1 Å². The summed E-state index contributed by atoms with van der Waals surface area (Å²) in [5, 5.41) is 16.2. The number of unbranched alkanes of at least 4 members (excludes halogenated alkanes) is 1. The predicted molar refractivity (Wildman–Crippen MR) is 335 cm³/mol. The Morgan fingerprint density at radius 3 is 2.11 bits per heavy atom. The molecule has 21 heteroatoms. The van der Waals surface area contributed by atoms with E-state index in [1.54, 1.807) is 18.8 Å². The van der Waals surface area contributed by atoms with Crippen LogP contribution in [0.15, 0.2) is 70.3 Å². The van der Waals surface area contributed by atoms with Crippen molar-refractivity contribution in [3.05, 3.63) is 115 Å². The number of aryl methyl sites for hydroxylation is 2. The molecule has 21 nitrogen and oxygen atoms in total.